The van der Waals surface area contributed by atoms with Gasteiger partial charge in [0.25, 0.3) is 5.91 Å². The van der Waals surface area contributed by atoms with Gasteiger partial charge in [-0.3, -0.25) is 4.79 Å². The quantitative estimate of drug-likeness (QED) is 0.642. The van der Waals surface area contributed by atoms with Crippen molar-refractivity contribution >= 4 is 21.6 Å². The van der Waals surface area contributed by atoms with Gasteiger partial charge in [0, 0.05) is 44.5 Å². The number of rotatable bonds is 9. The Balaban J connectivity index is 1.55. The molecule has 0 atom stereocenters. The molecule has 31 heavy (non-hydrogen) atoms. The van der Waals surface area contributed by atoms with E-state index < -0.39 is 10.0 Å². The highest BCUT2D eigenvalue weighted by molar-refractivity contribution is 7.89. The Bertz CT molecular complexity index is 953. The molecule has 7 nitrogen and oxygen atoms in total. The van der Waals surface area contributed by atoms with Crippen molar-refractivity contribution in [1.29, 1.82) is 0 Å². The molecule has 0 aromatic heterocycles. The van der Waals surface area contributed by atoms with E-state index >= 15 is 0 Å². The van der Waals surface area contributed by atoms with Crippen LogP contribution in [0.3, 0.4) is 0 Å². The topological polar surface area (TPSA) is 79.0 Å². The first kappa shape index (κ1) is 23.2. The average molecular weight is 446 g/mol. The number of hydrogen-bond acceptors (Lipinski definition) is 5. The lowest BCUT2D eigenvalue weighted by atomic mass is 10.1. The van der Waals surface area contributed by atoms with E-state index in [1.807, 2.05) is 31.3 Å². The second-order valence-electron chi connectivity index (χ2n) is 7.67. The Hall–Kier alpha value is -2.42. The van der Waals surface area contributed by atoms with E-state index in [1.165, 1.54) is 4.31 Å². The minimum Gasteiger partial charge on any atom is -0.379 e. The van der Waals surface area contributed by atoms with Crippen LogP contribution < -0.4 is 10.2 Å². The van der Waals surface area contributed by atoms with Gasteiger partial charge in [-0.1, -0.05) is 25.5 Å². The molecule has 8 heteroatoms. The fourth-order valence-corrected chi connectivity index (χ4v) is 4.80. The minimum atomic E-state index is -3.51. The van der Waals surface area contributed by atoms with E-state index in [0.717, 1.165) is 30.6 Å². The Morgan fingerprint density at radius 1 is 1.06 bits per heavy atom. The standard InChI is InChI=1S/C23H31N3O4S/c1-3-4-13-25(2)21-9-7-20(8-10-21)23(27)24-18-19-5-11-22(12-6-19)31(28,29)26-14-16-30-17-15-26/h5-12H,3-4,13-18H2,1-2H3,(H,24,27). The normalized spacial score (nSPS) is 14.9. The number of anilines is 1. The van der Waals surface area contributed by atoms with Gasteiger partial charge in [0.05, 0.1) is 18.1 Å². The molecular formula is C23H31N3O4S. The molecule has 1 amide bonds. The first-order valence-corrected chi connectivity index (χ1v) is 12.1. The number of sulfonamides is 1. The highest BCUT2D eigenvalue weighted by Gasteiger charge is 2.26. The zero-order valence-corrected chi connectivity index (χ0v) is 19.0. The third kappa shape index (κ3) is 6.06. The predicted molar refractivity (Wildman–Crippen MR) is 122 cm³/mol. The van der Waals surface area contributed by atoms with Gasteiger partial charge < -0.3 is 15.0 Å². The molecule has 1 aliphatic rings. The molecule has 3 rings (SSSR count). The second kappa shape index (κ2) is 10.7. The van der Waals surface area contributed by atoms with Gasteiger partial charge in [-0.15, -0.1) is 0 Å². The van der Waals surface area contributed by atoms with Crippen LogP contribution in [0.4, 0.5) is 5.69 Å². The third-order valence-electron chi connectivity index (χ3n) is 5.40. The molecule has 1 aliphatic heterocycles. The Morgan fingerprint density at radius 3 is 2.32 bits per heavy atom. The lowest BCUT2D eigenvalue weighted by Crippen LogP contribution is -2.40. The monoisotopic (exact) mass is 445 g/mol. The number of benzene rings is 2. The maximum atomic E-state index is 12.7. The molecule has 1 N–H and O–H groups in total. The number of nitrogens with one attached hydrogen (secondary N) is 1. The van der Waals surface area contributed by atoms with Crippen LogP contribution in [-0.4, -0.2) is 58.5 Å². The molecule has 0 unspecified atom stereocenters. The first-order chi connectivity index (χ1) is 14.9. The summed E-state index contributed by atoms with van der Waals surface area (Å²) in [5.41, 5.74) is 2.52. The van der Waals surface area contributed by atoms with Crippen molar-refractivity contribution in [2.24, 2.45) is 0 Å². The SMILES string of the molecule is CCCCN(C)c1ccc(C(=O)NCc2ccc(S(=O)(=O)N3CCOCC3)cc2)cc1. The summed E-state index contributed by atoms with van der Waals surface area (Å²) in [5.74, 6) is -0.159. The maximum Gasteiger partial charge on any atom is 0.251 e. The molecule has 0 bridgehead atoms. The number of nitrogens with zero attached hydrogens (tertiary/aromatic N) is 2. The Labute approximate surface area is 185 Å². The van der Waals surface area contributed by atoms with E-state index in [9.17, 15) is 13.2 Å². The summed E-state index contributed by atoms with van der Waals surface area (Å²) in [7, 11) is -1.46. The Morgan fingerprint density at radius 2 is 1.71 bits per heavy atom. The average Bonchev–Trinajstić information content (AvgIpc) is 2.82. The summed E-state index contributed by atoms with van der Waals surface area (Å²) in [6.07, 6.45) is 2.27. The zero-order valence-electron chi connectivity index (χ0n) is 18.2. The first-order valence-electron chi connectivity index (χ1n) is 10.7. The van der Waals surface area contributed by atoms with Crippen molar-refractivity contribution in [1.82, 2.24) is 9.62 Å². The van der Waals surface area contributed by atoms with Gasteiger partial charge in [0.1, 0.15) is 0 Å². The van der Waals surface area contributed by atoms with Crippen LogP contribution in [0.25, 0.3) is 0 Å². The molecule has 0 spiro atoms. The van der Waals surface area contributed by atoms with Crippen molar-refractivity contribution in [3.05, 3.63) is 59.7 Å². The van der Waals surface area contributed by atoms with Crippen molar-refractivity contribution in [3.8, 4) is 0 Å². The third-order valence-corrected chi connectivity index (χ3v) is 7.31. The number of amides is 1. The van der Waals surface area contributed by atoms with Crippen molar-refractivity contribution < 1.29 is 17.9 Å². The molecular weight excluding hydrogens is 414 g/mol. The van der Waals surface area contributed by atoms with Crippen LogP contribution in [0.15, 0.2) is 53.4 Å². The summed E-state index contributed by atoms with van der Waals surface area (Å²) < 4.78 is 32.0. The largest absolute Gasteiger partial charge is 0.379 e. The maximum absolute atomic E-state index is 12.7. The summed E-state index contributed by atoms with van der Waals surface area (Å²) in [4.78, 5) is 14.9. The smallest absolute Gasteiger partial charge is 0.251 e. The molecule has 2 aromatic carbocycles. The van der Waals surface area contributed by atoms with Crippen LogP contribution in [0.1, 0.15) is 35.7 Å². The van der Waals surface area contributed by atoms with Crippen molar-refractivity contribution in [3.63, 3.8) is 0 Å². The van der Waals surface area contributed by atoms with Crippen LogP contribution in [0.2, 0.25) is 0 Å². The fourth-order valence-electron chi connectivity index (χ4n) is 3.39. The molecule has 1 heterocycles. The summed E-state index contributed by atoms with van der Waals surface area (Å²) >= 11 is 0. The van der Waals surface area contributed by atoms with E-state index in [4.69, 9.17) is 4.74 Å². The molecule has 168 valence electrons. The van der Waals surface area contributed by atoms with Gasteiger partial charge in [0.2, 0.25) is 10.0 Å². The fraction of sp³-hybridized carbons (Fsp3) is 0.435. The number of unbranched alkanes of at least 4 members (excludes halogenated alkanes) is 1. The van der Waals surface area contributed by atoms with Crippen LogP contribution in [0, 0.1) is 0 Å². The highest BCUT2D eigenvalue weighted by atomic mass is 32.2. The van der Waals surface area contributed by atoms with Gasteiger partial charge in [-0.05, 0) is 48.4 Å². The second-order valence-corrected chi connectivity index (χ2v) is 9.60. The van der Waals surface area contributed by atoms with Crippen molar-refractivity contribution in [2.45, 2.75) is 31.2 Å². The molecule has 1 saturated heterocycles. The number of ether oxygens (including phenoxy) is 1. The molecule has 0 radical (unpaired) electrons. The van der Waals surface area contributed by atoms with Gasteiger partial charge >= 0.3 is 0 Å². The van der Waals surface area contributed by atoms with Gasteiger partial charge in [-0.25, -0.2) is 8.42 Å². The molecule has 1 fully saturated rings. The zero-order chi connectivity index (χ0) is 22.3. The van der Waals surface area contributed by atoms with Gasteiger partial charge in [-0.2, -0.15) is 4.31 Å². The lowest BCUT2D eigenvalue weighted by molar-refractivity contribution is 0.0730. The lowest BCUT2D eigenvalue weighted by Gasteiger charge is -2.26. The van der Waals surface area contributed by atoms with E-state index in [0.29, 0.717) is 38.4 Å². The summed E-state index contributed by atoms with van der Waals surface area (Å²) in [6.45, 7) is 5.05. The minimum absolute atomic E-state index is 0.159. The highest BCUT2D eigenvalue weighted by Crippen LogP contribution is 2.18. The number of hydrogen-bond donors (Lipinski definition) is 1. The predicted octanol–water partition coefficient (Wildman–Crippen LogP) is 2.87. The number of carbonyl (C=O) groups is 1. The van der Waals surface area contributed by atoms with E-state index in [-0.39, 0.29) is 10.8 Å². The molecule has 2 aromatic rings. The van der Waals surface area contributed by atoms with E-state index in [1.54, 1.807) is 24.3 Å². The number of carbonyl (C=O) groups excluding carboxylic acids is 1. The molecule has 0 aliphatic carbocycles. The van der Waals surface area contributed by atoms with Gasteiger partial charge in [0.15, 0.2) is 0 Å². The van der Waals surface area contributed by atoms with Crippen LogP contribution in [0.5, 0.6) is 0 Å². The number of morpholine rings is 1. The summed E-state index contributed by atoms with van der Waals surface area (Å²) in [5, 5.41) is 2.89. The van der Waals surface area contributed by atoms with E-state index in [2.05, 4.69) is 17.1 Å². The Kier molecular flexibility index (Phi) is 8.06. The van der Waals surface area contributed by atoms with Crippen LogP contribution >= 0.6 is 0 Å². The summed E-state index contributed by atoms with van der Waals surface area (Å²) in [6, 6.07) is 14.2. The molecule has 0 saturated carbocycles. The van der Waals surface area contributed by atoms with Crippen molar-refractivity contribution in [2.75, 3.05) is 44.8 Å². The van der Waals surface area contributed by atoms with Crippen LogP contribution in [-0.2, 0) is 21.3 Å².